The standard InChI is InChI=1S/C18H23ClN2O2/c19-15-5-3-4-13(10-15)8-9-20-18(23)14-11-17(22)21(12-14)16-6-1-2-7-16/h3-5,10,14,16H,1-2,6-9,11-12H2,(H,20,23). The Morgan fingerprint density at radius 3 is 2.83 bits per heavy atom. The Morgan fingerprint density at radius 1 is 1.30 bits per heavy atom. The van der Waals surface area contributed by atoms with Crippen molar-refractivity contribution in [1.29, 1.82) is 0 Å². The Morgan fingerprint density at radius 2 is 2.09 bits per heavy atom. The van der Waals surface area contributed by atoms with E-state index in [1.807, 2.05) is 29.2 Å². The summed E-state index contributed by atoms with van der Waals surface area (Å²) >= 11 is 5.95. The maximum absolute atomic E-state index is 12.3. The second-order valence-electron chi connectivity index (χ2n) is 6.56. The van der Waals surface area contributed by atoms with Crippen LogP contribution in [0, 0.1) is 5.92 Å². The van der Waals surface area contributed by atoms with Gasteiger partial charge < -0.3 is 10.2 Å². The number of nitrogens with one attached hydrogen (secondary N) is 1. The van der Waals surface area contributed by atoms with E-state index < -0.39 is 0 Å². The zero-order valence-electron chi connectivity index (χ0n) is 13.3. The molecule has 0 spiro atoms. The van der Waals surface area contributed by atoms with Crippen LogP contribution in [-0.4, -0.2) is 35.8 Å². The van der Waals surface area contributed by atoms with Crippen molar-refractivity contribution in [1.82, 2.24) is 10.2 Å². The van der Waals surface area contributed by atoms with Crippen molar-refractivity contribution in [3.8, 4) is 0 Å². The number of nitrogens with zero attached hydrogens (tertiary/aromatic N) is 1. The van der Waals surface area contributed by atoms with Crippen LogP contribution in [-0.2, 0) is 16.0 Å². The lowest BCUT2D eigenvalue weighted by Gasteiger charge is -2.23. The van der Waals surface area contributed by atoms with Gasteiger partial charge in [0.15, 0.2) is 0 Å². The van der Waals surface area contributed by atoms with Crippen molar-refractivity contribution in [2.24, 2.45) is 5.92 Å². The first-order valence-corrected chi connectivity index (χ1v) is 8.83. The Balaban J connectivity index is 1.46. The molecule has 1 saturated carbocycles. The third-order valence-electron chi connectivity index (χ3n) is 4.90. The van der Waals surface area contributed by atoms with Crippen LogP contribution >= 0.6 is 11.6 Å². The van der Waals surface area contributed by atoms with E-state index in [1.54, 1.807) is 0 Å². The van der Waals surface area contributed by atoms with Crippen LogP contribution < -0.4 is 5.32 Å². The van der Waals surface area contributed by atoms with Gasteiger partial charge in [-0.2, -0.15) is 0 Å². The molecule has 1 saturated heterocycles. The minimum atomic E-state index is -0.192. The molecule has 124 valence electrons. The number of amides is 2. The lowest BCUT2D eigenvalue weighted by Crippen LogP contribution is -2.37. The number of hydrogen-bond acceptors (Lipinski definition) is 2. The fraction of sp³-hybridized carbons (Fsp3) is 0.556. The molecular formula is C18H23ClN2O2. The SMILES string of the molecule is O=C(NCCc1cccc(Cl)c1)C1CC(=O)N(C2CCCC2)C1. The molecule has 1 heterocycles. The molecule has 1 N–H and O–H groups in total. The average molecular weight is 335 g/mol. The number of carbonyl (C=O) groups excluding carboxylic acids is 2. The summed E-state index contributed by atoms with van der Waals surface area (Å²) in [5, 5.41) is 3.67. The van der Waals surface area contributed by atoms with Gasteiger partial charge in [0.2, 0.25) is 11.8 Å². The topological polar surface area (TPSA) is 49.4 Å². The normalized spacial score (nSPS) is 21.9. The molecule has 2 aliphatic rings. The molecule has 2 amide bonds. The van der Waals surface area contributed by atoms with E-state index in [0.29, 0.717) is 30.6 Å². The molecule has 5 heteroatoms. The first kappa shape index (κ1) is 16.3. The van der Waals surface area contributed by atoms with Gasteiger partial charge in [-0.3, -0.25) is 9.59 Å². The van der Waals surface area contributed by atoms with E-state index in [1.165, 1.54) is 12.8 Å². The minimum Gasteiger partial charge on any atom is -0.355 e. The van der Waals surface area contributed by atoms with E-state index in [9.17, 15) is 9.59 Å². The molecule has 1 aromatic carbocycles. The first-order chi connectivity index (χ1) is 11.1. The molecule has 23 heavy (non-hydrogen) atoms. The smallest absolute Gasteiger partial charge is 0.225 e. The quantitative estimate of drug-likeness (QED) is 0.900. The monoisotopic (exact) mass is 334 g/mol. The number of benzene rings is 1. The van der Waals surface area contributed by atoms with Crippen LogP contribution in [0.25, 0.3) is 0 Å². The largest absolute Gasteiger partial charge is 0.355 e. The lowest BCUT2D eigenvalue weighted by atomic mass is 10.1. The Hall–Kier alpha value is -1.55. The van der Waals surface area contributed by atoms with Gasteiger partial charge in [0.25, 0.3) is 0 Å². The summed E-state index contributed by atoms with van der Waals surface area (Å²) in [6.07, 6.45) is 5.69. The number of rotatable bonds is 5. The molecule has 4 nitrogen and oxygen atoms in total. The molecule has 1 aliphatic heterocycles. The lowest BCUT2D eigenvalue weighted by molar-refractivity contribution is -0.130. The van der Waals surface area contributed by atoms with Crippen LogP contribution in [0.15, 0.2) is 24.3 Å². The zero-order valence-corrected chi connectivity index (χ0v) is 14.0. The molecule has 1 aliphatic carbocycles. The third-order valence-corrected chi connectivity index (χ3v) is 5.13. The molecular weight excluding hydrogens is 312 g/mol. The number of likely N-dealkylation sites (tertiary alicyclic amines) is 1. The maximum Gasteiger partial charge on any atom is 0.225 e. The molecule has 0 radical (unpaired) electrons. The van der Waals surface area contributed by atoms with E-state index in [2.05, 4.69) is 5.32 Å². The van der Waals surface area contributed by atoms with Gasteiger partial charge in [0.05, 0.1) is 5.92 Å². The summed E-state index contributed by atoms with van der Waals surface area (Å²) in [7, 11) is 0. The van der Waals surface area contributed by atoms with Crippen molar-refractivity contribution in [3.63, 3.8) is 0 Å². The molecule has 1 atom stereocenters. The van der Waals surface area contributed by atoms with Crippen LogP contribution in [0.3, 0.4) is 0 Å². The minimum absolute atomic E-state index is 0.000810. The number of halogens is 1. The maximum atomic E-state index is 12.3. The van der Waals surface area contributed by atoms with Crippen LogP contribution in [0.1, 0.15) is 37.7 Å². The Bertz CT molecular complexity index is 584. The van der Waals surface area contributed by atoms with Crippen molar-refractivity contribution >= 4 is 23.4 Å². The molecule has 3 rings (SSSR count). The van der Waals surface area contributed by atoms with Gasteiger partial charge in [0.1, 0.15) is 0 Å². The van der Waals surface area contributed by atoms with E-state index in [-0.39, 0.29) is 17.7 Å². The first-order valence-electron chi connectivity index (χ1n) is 8.45. The Labute approximate surface area is 142 Å². The van der Waals surface area contributed by atoms with Gasteiger partial charge in [-0.15, -0.1) is 0 Å². The van der Waals surface area contributed by atoms with Gasteiger partial charge in [-0.05, 0) is 37.0 Å². The fourth-order valence-corrected chi connectivity index (χ4v) is 3.86. The zero-order chi connectivity index (χ0) is 16.2. The summed E-state index contributed by atoms with van der Waals surface area (Å²) in [6, 6.07) is 8.03. The van der Waals surface area contributed by atoms with E-state index in [4.69, 9.17) is 11.6 Å². The molecule has 0 aromatic heterocycles. The summed E-state index contributed by atoms with van der Waals surface area (Å²) < 4.78 is 0. The highest BCUT2D eigenvalue weighted by molar-refractivity contribution is 6.30. The molecule has 2 fully saturated rings. The predicted molar refractivity (Wildman–Crippen MR) is 90.2 cm³/mol. The summed E-state index contributed by atoms with van der Waals surface area (Å²) in [5.41, 5.74) is 1.10. The van der Waals surface area contributed by atoms with Gasteiger partial charge in [-0.25, -0.2) is 0 Å². The highest BCUT2D eigenvalue weighted by atomic mass is 35.5. The molecule has 1 unspecified atom stereocenters. The Kier molecular flexibility index (Phi) is 5.21. The summed E-state index contributed by atoms with van der Waals surface area (Å²) in [6.45, 7) is 1.17. The summed E-state index contributed by atoms with van der Waals surface area (Å²) in [5.74, 6) is -0.0461. The van der Waals surface area contributed by atoms with Gasteiger partial charge in [0, 0.05) is 30.6 Å². The van der Waals surface area contributed by atoms with Crippen molar-refractivity contribution in [2.75, 3.05) is 13.1 Å². The van der Waals surface area contributed by atoms with Gasteiger partial charge >= 0.3 is 0 Å². The fourth-order valence-electron chi connectivity index (χ4n) is 3.64. The number of carbonyl (C=O) groups is 2. The van der Waals surface area contributed by atoms with Crippen LogP contribution in [0.5, 0.6) is 0 Å². The van der Waals surface area contributed by atoms with Crippen molar-refractivity contribution in [2.45, 2.75) is 44.6 Å². The van der Waals surface area contributed by atoms with E-state index >= 15 is 0 Å². The van der Waals surface area contributed by atoms with Crippen molar-refractivity contribution in [3.05, 3.63) is 34.9 Å². The molecule has 0 bridgehead atoms. The predicted octanol–water partition coefficient (Wildman–Crippen LogP) is 2.79. The van der Waals surface area contributed by atoms with Crippen molar-refractivity contribution < 1.29 is 9.59 Å². The third kappa shape index (κ3) is 4.05. The van der Waals surface area contributed by atoms with E-state index in [0.717, 1.165) is 24.8 Å². The summed E-state index contributed by atoms with van der Waals surface area (Å²) in [4.78, 5) is 26.4. The average Bonchev–Trinajstić information content (AvgIpc) is 3.16. The second kappa shape index (κ2) is 7.35. The van der Waals surface area contributed by atoms with Crippen LogP contribution in [0.2, 0.25) is 5.02 Å². The second-order valence-corrected chi connectivity index (χ2v) is 6.99. The highest BCUT2D eigenvalue weighted by Crippen LogP contribution is 2.29. The van der Waals surface area contributed by atoms with Gasteiger partial charge in [-0.1, -0.05) is 36.6 Å². The molecule has 1 aromatic rings. The number of hydrogen-bond donors (Lipinski definition) is 1. The van der Waals surface area contributed by atoms with Crippen LogP contribution in [0.4, 0.5) is 0 Å². The highest BCUT2D eigenvalue weighted by Gasteiger charge is 2.38.